The molecule has 6 heteroatoms. The lowest BCUT2D eigenvalue weighted by atomic mass is 9.96. The third-order valence-corrected chi connectivity index (χ3v) is 5.19. The second kappa shape index (κ2) is 9.25. The number of allylic oxidation sites excluding steroid dienone is 4. The summed E-state index contributed by atoms with van der Waals surface area (Å²) in [6, 6.07) is 7.88. The number of hydrogen-bond donors (Lipinski definition) is 1. The number of anilines is 1. The second-order valence-electron chi connectivity index (χ2n) is 6.95. The number of hydrogen-bond acceptors (Lipinski definition) is 5. The summed E-state index contributed by atoms with van der Waals surface area (Å²) in [6.45, 7) is 6.19. The first-order valence-electron chi connectivity index (χ1n) is 9.24. The van der Waals surface area contributed by atoms with Crippen molar-refractivity contribution in [3.05, 3.63) is 58.8 Å². The van der Waals surface area contributed by atoms with Gasteiger partial charge in [-0.25, -0.2) is 4.79 Å². The van der Waals surface area contributed by atoms with Crippen molar-refractivity contribution in [3.63, 3.8) is 0 Å². The quantitative estimate of drug-likeness (QED) is 0.759. The second-order valence-corrected chi connectivity index (χ2v) is 7.39. The molecule has 5 nitrogen and oxygen atoms in total. The van der Waals surface area contributed by atoms with Crippen LogP contribution >= 0.6 is 11.6 Å². The Labute approximate surface area is 165 Å². The van der Waals surface area contributed by atoms with Crippen LogP contribution in [-0.4, -0.2) is 61.4 Å². The number of piperazine rings is 1. The van der Waals surface area contributed by atoms with Crippen LogP contribution in [-0.2, 0) is 9.53 Å². The Hall–Kier alpha value is -2.04. The van der Waals surface area contributed by atoms with Crippen molar-refractivity contribution < 1.29 is 14.6 Å². The van der Waals surface area contributed by atoms with E-state index in [0.29, 0.717) is 17.9 Å². The van der Waals surface area contributed by atoms with Crippen LogP contribution in [0.15, 0.2) is 53.8 Å². The fourth-order valence-corrected chi connectivity index (χ4v) is 3.49. The Morgan fingerprint density at radius 1 is 1.26 bits per heavy atom. The minimum absolute atomic E-state index is 0.0133. The van der Waals surface area contributed by atoms with Crippen LogP contribution in [0.4, 0.5) is 5.69 Å². The van der Waals surface area contributed by atoms with Gasteiger partial charge >= 0.3 is 0 Å². The zero-order valence-corrected chi connectivity index (χ0v) is 16.2. The van der Waals surface area contributed by atoms with Crippen molar-refractivity contribution in [3.8, 4) is 0 Å². The molecule has 0 amide bonds. The molecule has 2 atom stereocenters. The molecule has 1 aliphatic heterocycles. The van der Waals surface area contributed by atoms with Crippen LogP contribution in [0.1, 0.15) is 6.92 Å². The molecule has 1 aliphatic carbocycles. The van der Waals surface area contributed by atoms with E-state index in [2.05, 4.69) is 9.80 Å². The number of halogens is 1. The average Bonchev–Trinajstić information content (AvgIpc) is 2.68. The first-order valence-corrected chi connectivity index (χ1v) is 9.62. The summed E-state index contributed by atoms with van der Waals surface area (Å²) in [6.07, 6.45) is 4.92. The largest absolute Gasteiger partial charge is 0.490 e. The van der Waals surface area contributed by atoms with Gasteiger partial charge in [0.15, 0.2) is 0 Å². The summed E-state index contributed by atoms with van der Waals surface area (Å²) in [5.74, 6) is 2.44. The standard InChI is InChI=1S/C21H25ClN2O3/c1-16-3-2-4-21(20(16)14-25)27-15-19(26)13-23-9-11-24(12-10-23)18-7-5-17(22)6-8-18/h2-8,16,19,26H,9-13,15H2,1H3. The molecule has 2 aliphatic rings. The highest BCUT2D eigenvalue weighted by atomic mass is 35.5. The molecule has 1 aromatic carbocycles. The van der Waals surface area contributed by atoms with E-state index in [-0.39, 0.29) is 12.5 Å². The Balaban J connectivity index is 1.44. The normalized spacial score (nSPS) is 21.6. The maximum absolute atomic E-state index is 11.1. The van der Waals surface area contributed by atoms with E-state index in [1.165, 1.54) is 5.69 Å². The van der Waals surface area contributed by atoms with Crippen molar-refractivity contribution in [2.75, 3.05) is 44.2 Å². The highest BCUT2D eigenvalue weighted by molar-refractivity contribution is 6.30. The highest BCUT2D eigenvalue weighted by Crippen LogP contribution is 2.24. The van der Waals surface area contributed by atoms with Gasteiger partial charge in [0.25, 0.3) is 0 Å². The zero-order chi connectivity index (χ0) is 19.2. The molecule has 3 rings (SSSR count). The van der Waals surface area contributed by atoms with Gasteiger partial charge in [0.05, 0.1) is 5.57 Å². The van der Waals surface area contributed by atoms with Gasteiger partial charge in [-0.3, -0.25) is 4.90 Å². The van der Waals surface area contributed by atoms with Gasteiger partial charge in [-0.15, -0.1) is 0 Å². The summed E-state index contributed by atoms with van der Waals surface area (Å²) in [4.78, 5) is 15.7. The number of benzene rings is 1. The number of aliphatic hydroxyl groups excluding tert-OH is 1. The minimum Gasteiger partial charge on any atom is -0.490 e. The number of aliphatic hydroxyl groups is 1. The van der Waals surface area contributed by atoms with Gasteiger partial charge in [0, 0.05) is 49.4 Å². The van der Waals surface area contributed by atoms with Gasteiger partial charge in [-0.2, -0.15) is 0 Å². The molecule has 0 spiro atoms. The molecule has 1 aromatic rings. The molecule has 1 heterocycles. The molecule has 144 valence electrons. The van der Waals surface area contributed by atoms with Crippen LogP contribution < -0.4 is 4.90 Å². The van der Waals surface area contributed by atoms with Crippen molar-refractivity contribution in [1.29, 1.82) is 0 Å². The summed E-state index contributed by atoms with van der Waals surface area (Å²) >= 11 is 5.95. The number of rotatable bonds is 6. The summed E-state index contributed by atoms with van der Waals surface area (Å²) in [5.41, 5.74) is 1.67. The van der Waals surface area contributed by atoms with E-state index in [4.69, 9.17) is 16.3 Å². The lowest BCUT2D eigenvalue weighted by molar-refractivity contribution is 0.0429. The minimum atomic E-state index is -0.609. The fraction of sp³-hybridized carbons (Fsp3) is 0.429. The molecule has 0 aromatic heterocycles. The van der Waals surface area contributed by atoms with Gasteiger partial charge in [-0.1, -0.05) is 30.7 Å². The summed E-state index contributed by atoms with van der Waals surface area (Å²) in [5, 5.41) is 11.1. The van der Waals surface area contributed by atoms with E-state index < -0.39 is 6.10 Å². The molecular weight excluding hydrogens is 364 g/mol. The van der Waals surface area contributed by atoms with Crippen molar-refractivity contribution in [1.82, 2.24) is 4.90 Å². The lowest BCUT2D eigenvalue weighted by Gasteiger charge is -2.37. The van der Waals surface area contributed by atoms with E-state index in [9.17, 15) is 9.90 Å². The van der Waals surface area contributed by atoms with Crippen LogP contribution in [0, 0.1) is 5.92 Å². The zero-order valence-electron chi connectivity index (χ0n) is 15.5. The monoisotopic (exact) mass is 388 g/mol. The van der Waals surface area contributed by atoms with Crippen LogP contribution in [0.2, 0.25) is 5.02 Å². The summed E-state index contributed by atoms with van der Waals surface area (Å²) in [7, 11) is 0. The van der Waals surface area contributed by atoms with Gasteiger partial charge in [-0.05, 0) is 30.3 Å². The molecule has 1 N–H and O–H groups in total. The van der Waals surface area contributed by atoms with E-state index in [1.54, 1.807) is 6.08 Å². The molecule has 1 saturated heterocycles. The van der Waals surface area contributed by atoms with Gasteiger partial charge in [0.1, 0.15) is 24.4 Å². The van der Waals surface area contributed by atoms with Crippen molar-refractivity contribution >= 4 is 23.2 Å². The predicted octanol–water partition coefficient (Wildman–Crippen LogP) is 2.69. The molecule has 0 saturated carbocycles. The van der Waals surface area contributed by atoms with Crippen LogP contribution in [0.5, 0.6) is 0 Å². The fourth-order valence-electron chi connectivity index (χ4n) is 3.37. The van der Waals surface area contributed by atoms with E-state index in [0.717, 1.165) is 31.2 Å². The van der Waals surface area contributed by atoms with Crippen molar-refractivity contribution in [2.24, 2.45) is 5.92 Å². The van der Waals surface area contributed by atoms with Gasteiger partial charge < -0.3 is 14.7 Å². The third-order valence-electron chi connectivity index (χ3n) is 4.94. The maximum atomic E-state index is 11.1. The number of ether oxygens (including phenoxy) is 1. The summed E-state index contributed by atoms with van der Waals surface area (Å²) < 4.78 is 5.67. The van der Waals surface area contributed by atoms with E-state index >= 15 is 0 Å². The SMILES string of the molecule is CC1C=CC=C(OCC(O)CN2CCN(c3ccc(Cl)cc3)CC2)C1=C=O. The molecule has 0 radical (unpaired) electrons. The van der Waals surface area contributed by atoms with E-state index in [1.807, 2.05) is 49.3 Å². The lowest BCUT2D eigenvalue weighted by Crippen LogP contribution is -2.49. The molecule has 0 bridgehead atoms. The molecule has 2 unspecified atom stereocenters. The maximum Gasteiger partial charge on any atom is 0.134 e. The van der Waals surface area contributed by atoms with Crippen LogP contribution in [0.3, 0.4) is 0 Å². The molecule has 1 fully saturated rings. The Kier molecular flexibility index (Phi) is 6.75. The molecular formula is C21H25ClN2O3. The van der Waals surface area contributed by atoms with Crippen molar-refractivity contribution in [2.45, 2.75) is 13.0 Å². The smallest absolute Gasteiger partial charge is 0.134 e. The average molecular weight is 389 g/mol. The topological polar surface area (TPSA) is 53.0 Å². The first kappa shape index (κ1) is 19.7. The Bertz CT molecular complexity index is 745. The third kappa shape index (κ3) is 5.24. The van der Waals surface area contributed by atoms with Gasteiger partial charge in [0.2, 0.25) is 0 Å². The predicted molar refractivity (Wildman–Crippen MR) is 108 cm³/mol. The molecule has 27 heavy (non-hydrogen) atoms. The Morgan fingerprint density at radius 2 is 1.96 bits per heavy atom. The Morgan fingerprint density at radius 3 is 2.63 bits per heavy atom. The van der Waals surface area contributed by atoms with Crippen LogP contribution in [0.25, 0.3) is 0 Å². The first-order chi connectivity index (χ1) is 13.1. The number of carbonyl (C=O) groups excluding carboxylic acids is 1. The highest BCUT2D eigenvalue weighted by Gasteiger charge is 2.21. The number of nitrogens with zero attached hydrogens (tertiary/aromatic N) is 2. The number of β-amino-alcohol motifs (C(OH)–C–C–N with tert-alkyl or cyclic N) is 1.